The molecule has 1 fully saturated rings. The standard InChI is InChI=1S/C13H21NO2/c1-6-7-14-9-11(15)10-8-12(2,3)16-13(10,4)5/h1,10,14H,7-9H2,2-5H3. The number of ether oxygens (including phenoxy) is 1. The van der Waals surface area contributed by atoms with Gasteiger partial charge in [-0.3, -0.25) is 10.1 Å². The second kappa shape index (κ2) is 4.57. The van der Waals surface area contributed by atoms with Crippen molar-refractivity contribution in [2.24, 2.45) is 5.92 Å². The number of terminal acetylenes is 1. The molecule has 0 radical (unpaired) electrons. The van der Waals surface area contributed by atoms with Gasteiger partial charge in [0, 0.05) is 0 Å². The molecule has 0 aliphatic carbocycles. The van der Waals surface area contributed by atoms with Crippen molar-refractivity contribution in [2.75, 3.05) is 13.1 Å². The maximum atomic E-state index is 12.0. The molecule has 0 aromatic rings. The first kappa shape index (κ1) is 13.2. The molecule has 0 saturated carbocycles. The van der Waals surface area contributed by atoms with Crippen LogP contribution >= 0.6 is 0 Å². The highest BCUT2D eigenvalue weighted by atomic mass is 16.5. The lowest BCUT2D eigenvalue weighted by molar-refractivity contribution is -0.128. The minimum absolute atomic E-state index is 0.0484. The number of Topliss-reactive ketones (excluding diaryl/α,β-unsaturated/α-hetero) is 1. The average molecular weight is 223 g/mol. The van der Waals surface area contributed by atoms with E-state index in [-0.39, 0.29) is 22.9 Å². The van der Waals surface area contributed by atoms with Crippen LogP contribution in [0.4, 0.5) is 0 Å². The van der Waals surface area contributed by atoms with E-state index in [0.717, 1.165) is 6.42 Å². The number of rotatable bonds is 4. The third kappa shape index (κ3) is 3.07. The molecule has 1 heterocycles. The fourth-order valence-electron chi connectivity index (χ4n) is 2.44. The fourth-order valence-corrected chi connectivity index (χ4v) is 2.44. The lowest BCUT2D eigenvalue weighted by atomic mass is 9.84. The summed E-state index contributed by atoms with van der Waals surface area (Å²) in [5.41, 5.74) is -0.589. The summed E-state index contributed by atoms with van der Waals surface area (Å²) >= 11 is 0. The summed E-state index contributed by atoms with van der Waals surface area (Å²) in [6.45, 7) is 8.77. The SMILES string of the molecule is C#CCNCC(=O)C1CC(C)(C)OC1(C)C. The Morgan fingerprint density at radius 2 is 2.12 bits per heavy atom. The normalized spacial score (nSPS) is 26.3. The maximum Gasteiger partial charge on any atom is 0.152 e. The zero-order valence-corrected chi connectivity index (χ0v) is 10.6. The van der Waals surface area contributed by atoms with Gasteiger partial charge in [0.25, 0.3) is 0 Å². The van der Waals surface area contributed by atoms with Crippen molar-refractivity contribution >= 4 is 5.78 Å². The summed E-state index contributed by atoms with van der Waals surface area (Å²) < 4.78 is 5.89. The first-order valence-electron chi connectivity index (χ1n) is 5.65. The number of carbonyl (C=O) groups is 1. The van der Waals surface area contributed by atoms with Gasteiger partial charge in [-0.25, -0.2) is 0 Å². The highest BCUT2D eigenvalue weighted by Gasteiger charge is 2.48. The van der Waals surface area contributed by atoms with E-state index in [1.54, 1.807) is 0 Å². The van der Waals surface area contributed by atoms with E-state index in [4.69, 9.17) is 11.2 Å². The fraction of sp³-hybridized carbons (Fsp3) is 0.769. The highest BCUT2D eigenvalue weighted by Crippen LogP contribution is 2.42. The van der Waals surface area contributed by atoms with Crippen LogP contribution in [0.3, 0.4) is 0 Å². The van der Waals surface area contributed by atoms with E-state index >= 15 is 0 Å². The Bertz CT molecular complexity index is 312. The average Bonchev–Trinajstić information content (AvgIpc) is 2.34. The number of hydrogen-bond donors (Lipinski definition) is 1. The van der Waals surface area contributed by atoms with Crippen LogP contribution < -0.4 is 5.32 Å². The Hall–Kier alpha value is -0.850. The van der Waals surface area contributed by atoms with Gasteiger partial charge in [0.15, 0.2) is 5.78 Å². The van der Waals surface area contributed by atoms with Crippen molar-refractivity contribution < 1.29 is 9.53 Å². The molecule has 1 aliphatic heterocycles. The third-order valence-corrected chi connectivity index (χ3v) is 2.99. The van der Waals surface area contributed by atoms with E-state index in [0.29, 0.717) is 13.1 Å². The first-order valence-corrected chi connectivity index (χ1v) is 5.65. The van der Waals surface area contributed by atoms with Crippen LogP contribution in [0.15, 0.2) is 0 Å². The predicted molar refractivity (Wildman–Crippen MR) is 64.1 cm³/mol. The van der Waals surface area contributed by atoms with Gasteiger partial charge in [-0.05, 0) is 34.1 Å². The van der Waals surface area contributed by atoms with Crippen LogP contribution in [0.1, 0.15) is 34.1 Å². The van der Waals surface area contributed by atoms with E-state index in [2.05, 4.69) is 11.2 Å². The molecule has 16 heavy (non-hydrogen) atoms. The number of nitrogens with one attached hydrogen (secondary N) is 1. The summed E-state index contributed by atoms with van der Waals surface area (Å²) in [5, 5.41) is 2.94. The molecule has 3 nitrogen and oxygen atoms in total. The zero-order valence-electron chi connectivity index (χ0n) is 10.6. The lowest BCUT2D eigenvalue weighted by Gasteiger charge is -2.26. The molecular formula is C13H21NO2. The molecule has 1 saturated heterocycles. The maximum absolute atomic E-state index is 12.0. The van der Waals surface area contributed by atoms with Crippen molar-refractivity contribution in [1.29, 1.82) is 0 Å². The predicted octanol–water partition coefficient (Wildman–Crippen LogP) is 1.37. The highest BCUT2D eigenvalue weighted by molar-refractivity contribution is 5.84. The molecule has 1 rings (SSSR count). The number of hydrogen-bond acceptors (Lipinski definition) is 3. The molecule has 0 amide bonds. The van der Waals surface area contributed by atoms with Crippen LogP contribution in [-0.4, -0.2) is 30.1 Å². The Kier molecular flexibility index (Phi) is 3.77. The van der Waals surface area contributed by atoms with Crippen molar-refractivity contribution in [2.45, 2.75) is 45.3 Å². The van der Waals surface area contributed by atoms with Crippen LogP contribution in [0.5, 0.6) is 0 Å². The molecule has 1 N–H and O–H groups in total. The monoisotopic (exact) mass is 223 g/mol. The molecule has 90 valence electrons. The molecule has 1 atom stereocenters. The summed E-state index contributed by atoms with van der Waals surface area (Å²) in [5.74, 6) is 2.59. The van der Waals surface area contributed by atoms with Gasteiger partial charge in [-0.1, -0.05) is 5.92 Å². The van der Waals surface area contributed by atoms with E-state index in [1.165, 1.54) is 0 Å². The minimum Gasteiger partial charge on any atom is -0.369 e. The van der Waals surface area contributed by atoms with Crippen molar-refractivity contribution in [3.8, 4) is 12.3 Å². The van der Waals surface area contributed by atoms with Gasteiger partial charge in [0.05, 0.1) is 30.2 Å². The van der Waals surface area contributed by atoms with Crippen molar-refractivity contribution in [3.05, 3.63) is 0 Å². The molecule has 1 aliphatic rings. The summed E-state index contributed by atoms with van der Waals surface area (Å²) in [4.78, 5) is 12.0. The Morgan fingerprint density at radius 3 is 2.56 bits per heavy atom. The van der Waals surface area contributed by atoms with Gasteiger partial charge in [-0.15, -0.1) is 6.42 Å². The molecule has 1 unspecified atom stereocenters. The van der Waals surface area contributed by atoms with Gasteiger partial charge >= 0.3 is 0 Å². The Labute approximate surface area is 97.9 Å². The van der Waals surface area contributed by atoms with E-state index in [1.807, 2.05) is 27.7 Å². The summed E-state index contributed by atoms with van der Waals surface area (Å²) in [6.07, 6.45) is 5.89. The van der Waals surface area contributed by atoms with Crippen LogP contribution in [0.2, 0.25) is 0 Å². The Balaban J connectivity index is 2.60. The number of ketones is 1. The molecule has 0 aromatic heterocycles. The summed E-state index contributed by atoms with van der Waals surface area (Å²) in [6, 6.07) is 0. The molecule has 0 bridgehead atoms. The lowest BCUT2D eigenvalue weighted by Crippen LogP contribution is -2.38. The zero-order chi connectivity index (χ0) is 12.4. The van der Waals surface area contributed by atoms with Gasteiger partial charge in [0.2, 0.25) is 0 Å². The second-order valence-corrected chi connectivity index (χ2v) is 5.50. The van der Waals surface area contributed by atoms with Gasteiger partial charge in [-0.2, -0.15) is 0 Å². The van der Waals surface area contributed by atoms with Crippen LogP contribution in [-0.2, 0) is 9.53 Å². The van der Waals surface area contributed by atoms with Crippen molar-refractivity contribution in [1.82, 2.24) is 5.32 Å². The molecule has 0 aromatic carbocycles. The van der Waals surface area contributed by atoms with Gasteiger partial charge < -0.3 is 4.74 Å². The van der Waals surface area contributed by atoms with E-state index < -0.39 is 0 Å². The molecule has 0 spiro atoms. The molecule has 3 heteroatoms. The van der Waals surface area contributed by atoms with Crippen molar-refractivity contribution in [3.63, 3.8) is 0 Å². The number of carbonyl (C=O) groups excluding carboxylic acids is 1. The van der Waals surface area contributed by atoms with E-state index in [9.17, 15) is 4.79 Å². The summed E-state index contributed by atoms with van der Waals surface area (Å²) in [7, 11) is 0. The molecular weight excluding hydrogens is 202 g/mol. The first-order chi connectivity index (χ1) is 7.28. The van der Waals surface area contributed by atoms with Crippen LogP contribution in [0.25, 0.3) is 0 Å². The quantitative estimate of drug-likeness (QED) is 0.578. The minimum atomic E-state index is -0.377. The third-order valence-electron chi connectivity index (χ3n) is 2.99. The Morgan fingerprint density at radius 1 is 1.50 bits per heavy atom. The largest absolute Gasteiger partial charge is 0.369 e. The smallest absolute Gasteiger partial charge is 0.152 e. The topological polar surface area (TPSA) is 38.3 Å². The van der Waals surface area contributed by atoms with Gasteiger partial charge in [0.1, 0.15) is 0 Å². The second-order valence-electron chi connectivity index (χ2n) is 5.50. The van der Waals surface area contributed by atoms with Crippen LogP contribution in [0, 0.1) is 18.3 Å².